The van der Waals surface area contributed by atoms with Crippen molar-refractivity contribution in [2.45, 2.75) is 77.5 Å². The summed E-state index contributed by atoms with van der Waals surface area (Å²) in [5.74, 6) is -0.419. The van der Waals surface area contributed by atoms with Crippen LogP contribution < -0.4 is 10.6 Å². The second-order valence-electron chi connectivity index (χ2n) is 11.3. The topological polar surface area (TPSA) is 111 Å². The fourth-order valence-corrected chi connectivity index (χ4v) is 5.11. The first kappa shape index (κ1) is 30.4. The van der Waals surface area contributed by atoms with E-state index < -0.39 is 11.6 Å². The van der Waals surface area contributed by atoms with Crippen molar-refractivity contribution in [1.29, 1.82) is 0 Å². The smallest absolute Gasteiger partial charge is 0.410 e. The summed E-state index contributed by atoms with van der Waals surface area (Å²) >= 11 is 0. The Morgan fingerprint density at radius 3 is 2.46 bits per heavy atom. The van der Waals surface area contributed by atoms with Crippen LogP contribution in [0.15, 0.2) is 18.2 Å². The molecule has 3 rings (SSSR count). The number of ether oxygens (including phenoxy) is 1. The molecule has 2 aliphatic rings. The number of carbonyl (C=O) groups is 4. The number of anilines is 1. The van der Waals surface area contributed by atoms with Gasteiger partial charge in [-0.25, -0.2) is 4.79 Å². The van der Waals surface area contributed by atoms with E-state index in [0.717, 1.165) is 69.4 Å². The maximum atomic E-state index is 13.1. The number of amides is 3. The third-order valence-electron chi connectivity index (χ3n) is 7.22. The Labute approximate surface area is 232 Å². The van der Waals surface area contributed by atoms with Gasteiger partial charge in [0.2, 0.25) is 5.91 Å². The van der Waals surface area contributed by atoms with E-state index in [1.807, 2.05) is 32.9 Å². The molecule has 2 N–H and O–H groups in total. The largest absolute Gasteiger partial charge is 0.444 e. The minimum absolute atomic E-state index is 0.167. The molecule has 3 amide bonds. The number of nitrogens with zero attached hydrogens (tertiary/aromatic N) is 3. The SMILES string of the molecule is CNC(=O)C(CCC=O)N1Cc2c(NCCCCCCN3CCN(C(=O)OC(C)(C)C)CC3)cccc2C1=O. The third-order valence-corrected chi connectivity index (χ3v) is 7.22. The van der Waals surface area contributed by atoms with Gasteiger partial charge in [-0.1, -0.05) is 18.9 Å². The van der Waals surface area contributed by atoms with Crippen LogP contribution in [0.5, 0.6) is 0 Å². The van der Waals surface area contributed by atoms with Crippen LogP contribution in [0.1, 0.15) is 75.2 Å². The lowest BCUT2D eigenvalue weighted by molar-refractivity contribution is -0.125. The molecular weight excluding hydrogens is 498 g/mol. The van der Waals surface area contributed by atoms with Gasteiger partial charge in [-0.3, -0.25) is 14.5 Å². The number of rotatable bonds is 13. The van der Waals surface area contributed by atoms with E-state index in [2.05, 4.69) is 15.5 Å². The average Bonchev–Trinajstić information content (AvgIpc) is 3.24. The fourth-order valence-electron chi connectivity index (χ4n) is 5.11. The van der Waals surface area contributed by atoms with Crippen LogP contribution in [0.2, 0.25) is 0 Å². The van der Waals surface area contributed by atoms with Crippen molar-refractivity contribution in [2.75, 3.05) is 51.6 Å². The van der Waals surface area contributed by atoms with Crippen LogP contribution in [0.3, 0.4) is 0 Å². The molecule has 0 radical (unpaired) electrons. The molecular formula is C29H45N5O5. The van der Waals surface area contributed by atoms with Crippen LogP contribution in [-0.4, -0.2) is 96.9 Å². The summed E-state index contributed by atoms with van der Waals surface area (Å²) in [7, 11) is 1.55. The molecule has 216 valence electrons. The Morgan fingerprint density at radius 1 is 1.08 bits per heavy atom. The van der Waals surface area contributed by atoms with Crippen molar-refractivity contribution in [3.8, 4) is 0 Å². The second kappa shape index (κ2) is 14.3. The maximum Gasteiger partial charge on any atom is 0.410 e. The van der Waals surface area contributed by atoms with Gasteiger partial charge in [0.05, 0.1) is 0 Å². The summed E-state index contributed by atoms with van der Waals surface area (Å²) in [6.07, 6.45) is 5.49. The van der Waals surface area contributed by atoms with Crippen molar-refractivity contribution in [2.24, 2.45) is 0 Å². The molecule has 0 spiro atoms. The molecule has 2 heterocycles. The fraction of sp³-hybridized carbons (Fsp3) is 0.655. The van der Waals surface area contributed by atoms with Gasteiger partial charge < -0.3 is 30.0 Å². The Hall–Kier alpha value is -3.14. The molecule has 2 aliphatic heterocycles. The van der Waals surface area contributed by atoms with Gasteiger partial charge in [-0.15, -0.1) is 0 Å². The van der Waals surface area contributed by atoms with Gasteiger partial charge in [0.15, 0.2) is 0 Å². The summed E-state index contributed by atoms with van der Waals surface area (Å²) in [6.45, 7) is 11.1. The number of likely N-dealkylation sites (N-methyl/N-ethyl adjacent to an activating group) is 1. The molecule has 1 aromatic carbocycles. The van der Waals surface area contributed by atoms with Crippen LogP contribution in [0.4, 0.5) is 10.5 Å². The molecule has 1 aromatic rings. The van der Waals surface area contributed by atoms with Gasteiger partial charge in [0, 0.05) is 69.6 Å². The van der Waals surface area contributed by atoms with E-state index in [-0.39, 0.29) is 24.3 Å². The Kier molecular flexibility index (Phi) is 11.2. The number of hydrogen-bond acceptors (Lipinski definition) is 7. The summed E-state index contributed by atoms with van der Waals surface area (Å²) < 4.78 is 5.47. The summed E-state index contributed by atoms with van der Waals surface area (Å²) in [6, 6.07) is 4.99. The summed E-state index contributed by atoms with van der Waals surface area (Å²) in [5, 5.41) is 6.11. The predicted molar refractivity (Wildman–Crippen MR) is 151 cm³/mol. The highest BCUT2D eigenvalue weighted by atomic mass is 16.6. The highest BCUT2D eigenvalue weighted by Crippen LogP contribution is 2.31. The Morgan fingerprint density at radius 2 is 1.79 bits per heavy atom. The predicted octanol–water partition coefficient (Wildman–Crippen LogP) is 3.26. The molecule has 1 atom stereocenters. The van der Waals surface area contributed by atoms with Gasteiger partial charge in [0.1, 0.15) is 17.9 Å². The molecule has 0 aliphatic carbocycles. The lowest BCUT2D eigenvalue weighted by atomic mass is 10.1. The summed E-state index contributed by atoms with van der Waals surface area (Å²) in [5.41, 5.74) is 1.99. The zero-order chi connectivity index (χ0) is 28.4. The Bertz CT molecular complexity index is 1000. The first-order valence-corrected chi connectivity index (χ1v) is 14.2. The molecule has 10 nitrogen and oxygen atoms in total. The lowest BCUT2D eigenvalue weighted by Crippen LogP contribution is -2.50. The van der Waals surface area contributed by atoms with Crippen molar-refractivity contribution in [3.05, 3.63) is 29.3 Å². The van der Waals surface area contributed by atoms with E-state index in [9.17, 15) is 19.2 Å². The quantitative estimate of drug-likeness (QED) is 0.290. The summed E-state index contributed by atoms with van der Waals surface area (Å²) in [4.78, 5) is 54.4. The zero-order valence-electron chi connectivity index (χ0n) is 24.0. The van der Waals surface area contributed by atoms with E-state index in [1.165, 1.54) is 0 Å². The molecule has 1 unspecified atom stereocenters. The van der Waals surface area contributed by atoms with E-state index >= 15 is 0 Å². The molecule has 1 fully saturated rings. The van der Waals surface area contributed by atoms with Gasteiger partial charge in [0.25, 0.3) is 5.91 Å². The first-order chi connectivity index (χ1) is 18.6. The van der Waals surface area contributed by atoms with Crippen molar-refractivity contribution in [1.82, 2.24) is 20.0 Å². The first-order valence-electron chi connectivity index (χ1n) is 14.2. The third kappa shape index (κ3) is 8.68. The minimum atomic E-state index is -0.659. The molecule has 10 heteroatoms. The second-order valence-corrected chi connectivity index (χ2v) is 11.3. The number of fused-ring (bicyclic) bond motifs is 1. The molecule has 39 heavy (non-hydrogen) atoms. The number of carbonyl (C=O) groups excluding carboxylic acids is 4. The number of aldehydes is 1. The lowest BCUT2D eigenvalue weighted by Gasteiger charge is -2.35. The number of unbranched alkanes of at least 4 members (excludes halogenated alkanes) is 3. The average molecular weight is 544 g/mol. The minimum Gasteiger partial charge on any atom is -0.444 e. The van der Waals surface area contributed by atoms with Crippen molar-refractivity contribution >= 4 is 29.9 Å². The van der Waals surface area contributed by atoms with Crippen LogP contribution in [0, 0.1) is 0 Å². The monoisotopic (exact) mass is 543 g/mol. The van der Waals surface area contributed by atoms with Crippen molar-refractivity contribution in [3.63, 3.8) is 0 Å². The number of piperazine rings is 1. The molecule has 0 saturated carbocycles. The van der Waals surface area contributed by atoms with Crippen LogP contribution in [-0.2, 0) is 20.9 Å². The normalized spacial score (nSPS) is 16.6. The Balaban J connectivity index is 1.36. The number of benzene rings is 1. The highest BCUT2D eigenvalue weighted by Gasteiger charge is 2.36. The van der Waals surface area contributed by atoms with E-state index in [1.54, 1.807) is 22.9 Å². The maximum absolute atomic E-state index is 13.1. The highest BCUT2D eigenvalue weighted by molar-refractivity contribution is 6.02. The van der Waals surface area contributed by atoms with E-state index in [4.69, 9.17) is 4.74 Å². The number of nitrogens with one attached hydrogen (secondary N) is 2. The van der Waals surface area contributed by atoms with Crippen molar-refractivity contribution < 1.29 is 23.9 Å². The molecule has 0 bridgehead atoms. The molecule has 1 saturated heterocycles. The van der Waals surface area contributed by atoms with Gasteiger partial charge >= 0.3 is 6.09 Å². The van der Waals surface area contributed by atoms with Crippen LogP contribution in [0.25, 0.3) is 0 Å². The number of hydrogen-bond donors (Lipinski definition) is 2. The molecule has 0 aromatic heterocycles. The standard InChI is InChI=1S/C29H45N5O5/c1-29(2,3)39-28(38)33-18-16-32(17-19-33)15-8-6-5-7-14-31-24-12-9-11-22-23(24)21-34(27(22)37)25(13-10-20-35)26(36)30-4/h9,11-12,20,25,31H,5-8,10,13-19,21H2,1-4H3,(H,30,36). The van der Waals surface area contributed by atoms with Crippen LogP contribution >= 0.6 is 0 Å². The zero-order valence-corrected chi connectivity index (χ0v) is 24.0. The van der Waals surface area contributed by atoms with Gasteiger partial charge in [-0.05, 0) is 58.7 Å². The van der Waals surface area contributed by atoms with Gasteiger partial charge in [-0.2, -0.15) is 0 Å². The van der Waals surface area contributed by atoms with E-state index in [0.29, 0.717) is 31.6 Å².